The van der Waals surface area contributed by atoms with Crippen molar-refractivity contribution >= 4 is 5.97 Å². The Morgan fingerprint density at radius 3 is 2.47 bits per heavy atom. The van der Waals surface area contributed by atoms with Crippen LogP contribution in [0, 0.1) is 0 Å². The van der Waals surface area contributed by atoms with Crippen molar-refractivity contribution in [1.29, 1.82) is 0 Å². The molecule has 1 N–H and O–H groups in total. The van der Waals surface area contributed by atoms with Gasteiger partial charge in [0.2, 0.25) is 0 Å². The Morgan fingerprint density at radius 2 is 2.00 bits per heavy atom. The second-order valence-electron chi connectivity index (χ2n) is 3.92. The molecule has 90 valence electrons. The number of aliphatic hydroxyl groups is 1. The fourth-order valence-electron chi connectivity index (χ4n) is 1.35. The Balaban J connectivity index is 3.78. The number of rotatable bonds is 8. The van der Waals surface area contributed by atoms with Crippen molar-refractivity contribution in [3.8, 4) is 0 Å². The summed E-state index contributed by atoms with van der Waals surface area (Å²) in [5.74, 6) is -0.189. The average molecular weight is 217 g/mol. The molecule has 0 unspecified atom stereocenters. The number of unbranched alkanes of at least 4 members (excludes halogenated alkanes) is 2. The van der Waals surface area contributed by atoms with Crippen molar-refractivity contribution < 1.29 is 14.6 Å². The number of hydrogen-bond donors (Lipinski definition) is 1. The predicted molar refractivity (Wildman–Crippen MR) is 59.7 cm³/mol. The molecule has 0 saturated heterocycles. The molecule has 4 nitrogen and oxygen atoms in total. The first-order valence-corrected chi connectivity index (χ1v) is 5.53. The highest BCUT2D eigenvalue weighted by Gasteiger charge is 2.13. The van der Waals surface area contributed by atoms with Crippen LogP contribution in [0.2, 0.25) is 0 Å². The van der Waals surface area contributed by atoms with Gasteiger partial charge in [0, 0.05) is 12.6 Å². The maximum atomic E-state index is 11.1. The van der Waals surface area contributed by atoms with Crippen LogP contribution in [0.5, 0.6) is 0 Å². The average Bonchev–Trinajstić information content (AvgIpc) is 2.21. The molecule has 0 radical (unpaired) electrons. The van der Waals surface area contributed by atoms with Crippen LogP contribution < -0.4 is 0 Å². The largest absolute Gasteiger partial charge is 0.468 e. The van der Waals surface area contributed by atoms with E-state index in [2.05, 4.69) is 23.5 Å². The predicted octanol–water partition coefficient (Wildman–Crippen LogP) is 1.03. The molecule has 0 aromatic rings. The maximum absolute atomic E-state index is 11.1. The first-order valence-electron chi connectivity index (χ1n) is 5.53. The van der Waals surface area contributed by atoms with E-state index >= 15 is 0 Å². The number of ether oxygens (including phenoxy) is 1. The number of hydrogen-bond acceptors (Lipinski definition) is 4. The standard InChI is InChI=1S/C11H23NO3/c1-10(2)12(9-11(14)15-3)7-5-4-6-8-13/h10,13H,4-9H2,1-3H3. The number of methoxy groups -OCH3 is 1. The highest BCUT2D eigenvalue weighted by molar-refractivity contribution is 5.71. The van der Waals surface area contributed by atoms with Gasteiger partial charge >= 0.3 is 5.97 Å². The van der Waals surface area contributed by atoms with Gasteiger partial charge < -0.3 is 9.84 Å². The SMILES string of the molecule is COC(=O)CN(CCCCCO)C(C)C. The zero-order valence-electron chi connectivity index (χ0n) is 10.0. The summed E-state index contributed by atoms with van der Waals surface area (Å²) in [6.07, 6.45) is 2.85. The molecule has 0 aromatic heterocycles. The van der Waals surface area contributed by atoms with Gasteiger partial charge in [0.05, 0.1) is 13.7 Å². The van der Waals surface area contributed by atoms with Gasteiger partial charge in [-0.1, -0.05) is 0 Å². The first-order chi connectivity index (χ1) is 7.11. The maximum Gasteiger partial charge on any atom is 0.319 e. The third kappa shape index (κ3) is 7.33. The van der Waals surface area contributed by atoms with E-state index in [1.165, 1.54) is 7.11 Å². The third-order valence-electron chi connectivity index (χ3n) is 2.39. The number of carbonyl (C=O) groups is 1. The van der Waals surface area contributed by atoms with Crippen LogP contribution in [0.25, 0.3) is 0 Å². The van der Waals surface area contributed by atoms with Crippen molar-refractivity contribution in [2.45, 2.75) is 39.2 Å². The number of esters is 1. The molecule has 4 heteroatoms. The third-order valence-corrected chi connectivity index (χ3v) is 2.39. The van der Waals surface area contributed by atoms with Crippen molar-refractivity contribution in [1.82, 2.24) is 4.90 Å². The fraction of sp³-hybridized carbons (Fsp3) is 0.909. The summed E-state index contributed by atoms with van der Waals surface area (Å²) in [4.78, 5) is 13.2. The van der Waals surface area contributed by atoms with E-state index in [1.807, 2.05) is 0 Å². The van der Waals surface area contributed by atoms with Crippen LogP contribution in [-0.4, -0.2) is 48.8 Å². The van der Waals surface area contributed by atoms with Crippen LogP contribution in [0.15, 0.2) is 0 Å². The Labute approximate surface area is 92.2 Å². The number of carbonyl (C=O) groups excluding carboxylic acids is 1. The molecular formula is C11H23NO3. The minimum absolute atomic E-state index is 0.189. The van der Waals surface area contributed by atoms with Gasteiger partial charge in [0.15, 0.2) is 0 Å². The van der Waals surface area contributed by atoms with Crippen molar-refractivity contribution in [2.75, 3.05) is 26.8 Å². The Kier molecular flexibility index (Phi) is 8.33. The van der Waals surface area contributed by atoms with Crippen LogP contribution in [0.1, 0.15) is 33.1 Å². The van der Waals surface area contributed by atoms with Gasteiger partial charge in [-0.25, -0.2) is 0 Å². The van der Waals surface area contributed by atoms with Gasteiger partial charge in [0.1, 0.15) is 0 Å². The molecule has 0 bridgehead atoms. The lowest BCUT2D eigenvalue weighted by molar-refractivity contribution is -0.142. The van der Waals surface area contributed by atoms with Crippen molar-refractivity contribution in [3.63, 3.8) is 0 Å². The van der Waals surface area contributed by atoms with Gasteiger partial charge in [-0.2, -0.15) is 0 Å². The zero-order valence-corrected chi connectivity index (χ0v) is 10.0. The quantitative estimate of drug-likeness (QED) is 0.487. The highest BCUT2D eigenvalue weighted by atomic mass is 16.5. The van der Waals surface area contributed by atoms with E-state index in [-0.39, 0.29) is 12.6 Å². The van der Waals surface area contributed by atoms with E-state index in [0.29, 0.717) is 12.6 Å². The Hall–Kier alpha value is -0.610. The monoisotopic (exact) mass is 217 g/mol. The van der Waals surface area contributed by atoms with Crippen molar-refractivity contribution in [2.24, 2.45) is 0 Å². The summed E-state index contributed by atoms with van der Waals surface area (Å²) >= 11 is 0. The van der Waals surface area contributed by atoms with E-state index in [1.54, 1.807) is 0 Å². The summed E-state index contributed by atoms with van der Waals surface area (Å²) in [6, 6.07) is 0.346. The van der Waals surface area contributed by atoms with Crippen LogP contribution in [0.4, 0.5) is 0 Å². The molecule has 0 atom stereocenters. The lowest BCUT2D eigenvalue weighted by Crippen LogP contribution is -2.36. The normalized spacial score (nSPS) is 11.1. The molecule has 0 fully saturated rings. The lowest BCUT2D eigenvalue weighted by Gasteiger charge is -2.24. The summed E-state index contributed by atoms with van der Waals surface area (Å²) in [7, 11) is 1.41. The molecule has 0 aliphatic rings. The zero-order chi connectivity index (χ0) is 11.7. The number of nitrogens with zero attached hydrogens (tertiary/aromatic N) is 1. The molecule has 0 heterocycles. The van der Waals surface area contributed by atoms with Crippen molar-refractivity contribution in [3.05, 3.63) is 0 Å². The molecule has 0 spiro atoms. The second kappa shape index (κ2) is 8.68. The molecule has 0 rings (SSSR count). The first kappa shape index (κ1) is 14.4. The highest BCUT2D eigenvalue weighted by Crippen LogP contribution is 2.03. The van der Waals surface area contributed by atoms with E-state index in [0.717, 1.165) is 25.8 Å². The van der Waals surface area contributed by atoms with E-state index in [9.17, 15) is 4.79 Å². The van der Waals surface area contributed by atoms with E-state index < -0.39 is 0 Å². The number of aliphatic hydroxyl groups excluding tert-OH is 1. The van der Waals surface area contributed by atoms with Crippen LogP contribution >= 0.6 is 0 Å². The van der Waals surface area contributed by atoms with Crippen LogP contribution in [-0.2, 0) is 9.53 Å². The molecular weight excluding hydrogens is 194 g/mol. The molecule has 0 amide bonds. The molecule has 15 heavy (non-hydrogen) atoms. The topological polar surface area (TPSA) is 49.8 Å². The van der Waals surface area contributed by atoms with Gasteiger partial charge in [-0.05, 0) is 39.7 Å². The molecule has 0 aromatic carbocycles. The molecule has 0 aliphatic heterocycles. The van der Waals surface area contributed by atoms with Gasteiger partial charge in [0.25, 0.3) is 0 Å². The second-order valence-corrected chi connectivity index (χ2v) is 3.92. The Bertz CT molecular complexity index is 171. The lowest BCUT2D eigenvalue weighted by atomic mass is 10.2. The summed E-state index contributed by atoms with van der Waals surface area (Å²) in [5, 5.41) is 8.64. The fourth-order valence-corrected chi connectivity index (χ4v) is 1.35. The minimum Gasteiger partial charge on any atom is -0.468 e. The smallest absolute Gasteiger partial charge is 0.319 e. The summed E-state index contributed by atoms with van der Waals surface area (Å²) < 4.78 is 4.64. The summed E-state index contributed by atoms with van der Waals surface area (Å²) in [5.41, 5.74) is 0. The van der Waals surface area contributed by atoms with E-state index in [4.69, 9.17) is 5.11 Å². The Morgan fingerprint density at radius 1 is 1.33 bits per heavy atom. The summed E-state index contributed by atoms with van der Waals surface area (Å²) in [6.45, 7) is 5.61. The van der Waals surface area contributed by atoms with Gasteiger partial charge in [-0.15, -0.1) is 0 Å². The minimum atomic E-state index is -0.189. The molecule has 0 saturated carbocycles. The van der Waals surface area contributed by atoms with Gasteiger partial charge in [-0.3, -0.25) is 9.69 Å². The molecule has 0 aliphatic carbocycles. The van der Waals surface area contributed by atoms with Crippen LogP contribution in [0.3, 0.4) is 0 Å².